The minimum Gasteiger partial charge on any atom is -0.449 e. The summed E-state index contributed by atoms with van der Waals surface area (Å²) in [4.78, 5) is 33.3. The van der Waals surface area contributed by atoms with Gasteiger partial charge in [-0.1, -0.05) is 116 Å². The van der Waals surface area contributed by atoms with Crippen LogP contribution < -0.4 is 10.6 Å². The van der Waals surface area contributed by atoms with Gasteiger partial charge in [0.25, 0.3) is 0 Å². The summed E-state index contributed by atoms with van der Waals surface area (Å²) in [6, 6.07) is 13.7. The molecule has 0 spiro atoms. The lowest BCUT2D eigenvalue weighted by molar-refractivity contribution is 0.158. The molecule has 45 heavy (non-hydrogen) atoms. The third-order valence-electron chi connectivity index (χ3n) is 7.71. The molecular formula is C37H56N4O4. The van der Waals surface area contributed by atoms with E-state index in [-0.39, 0.29) is 0 Å². The summed E-state index contributed by atoms with van der Waals surface area (Å²) in [6.07, 6.45) is 18.2. The topological polar surface area (TPSA) is 101 Å². The minimum absolute atomic E-state index is 0.411. The van der Waals surface area contributed by atoms with E-state index in [2.05, 4.69) is 40.5 Å². The highest BCUT2D eigenvalue weighted by atomic mass is 16.6. The first-order valence-electron chi connectivity index (χ1n) is 17.2. The number of aliphatic imine (C=N–C) groups is 2. The summed E-state index contributed by atoms with van der Waals surface area (Å²) in [7, 11) is 0. The van der Waals surface area contributed by atoms with Gasteiger partial charge in [-0.3, -0.25) is 10.6 Å². The van der Waals surface area contributed by atoms with Crippen LogP contribution in [0.3, 0.4) is 0 Å². The first-order valence-corrected chi connectivity index (χ1v) is 17.2. The number of hydrogen-bond acceptors (Lipinski definition) is 6. The number of ether oxygens (including phenoxy) is 2. The lowest BCUT2D eigenvalue weighted by Gasteiger charge is -2.09. The van der Waals surface area contributed by atoms with Gasteiger partial charge in [-0.2, -0.15) is 9.98 Å². The maximum absolute atomic E-state index is 12.3. The number of hydrogen-bond donors (Lipinski definition) is 2. The van der Waals surface area contributed by atoms with E-state index < -0.39 is 12.2 Å². The summed E-state index contributed by atoms with van der Waals surface area (Å²) in [5.41, 5.74) is 4.29. The Labute approximate surface area is 271 Å². The van der Waals surface area contributed by atoms with Gasteiger partial charge in [0.1, 0.15) is 6.01 Å². The van der Waals surface area contributed by atoms with Crippen LogP contribution in [-0.2, 0) is 9.47 Å². The van der Waals surface area contributed by atoms with Gasteiger partial charge in [0.15, 0.2) is 0 Å². The average molecular weight is 621 g/mol. The first kappa shape index (κ1) is 37.5. The van der Waals surface area contributed by atoms with Crippen molar-refractivity contribution in [2.75, 3.05) is 23.8 Å². The number of nitrogens with one attached hydrogen (secondary N) is 2. The summed E-state index contributed by atoms with van der Waals surface area (Å²) >= 11 is 0. The third kappa shape index (κ3) is 17.4. The zero-order valence-electron chi connectivity index (χ0n) is 28.2. The van der Waals surface area contributed by atoms with Crippen molar-refractivity contribution in [3.8, 4) is 0 Å². The SMILES string of the molecule is CCCCCCCCCCOC(=O)Nc1ccc(C)c(N=C=Nc2cc(NC(=O)OCCCCCCCCCC)ccc2C)c1. The lowest BCUT2D eigenvalue weighted by Crippen LogP contribution is -2.14. The minimum atomic E-state index is -0.471. The molecule has 0 unspecified atom stereocenters. The van der Waals surface area contributed by atoms with Crippen LogP contribution in [0.15, 0.2) is 46.4 Å². The fraction of sp³-hybridized carbons (Fsp3) is 0.595. The van der Waals surface area contributed by atoms with E-state index in [4.69, 9.17) is 9.47 Å². The molecule has 2 aromatic carbocycles. The predicted octanol–water partition coefficient (Wildman–Crippen LogP) is 11.8. The Morgan fingerprint density at radius 1 is 0.578 bits per heavy atom. The molecular weight excluding hydrogens is 564 g/mol. The molecule has 0 aliphatic rings. The van der Waals surface area contributed by atoms with E-state index in [0.29, 0.717) is 36.0 Å². The Kier molecular flexibility index (Phi) is 19.8. The molecule has 0 atom stereocenters. The van der Waals surface area contributed by atoms with E-state index in [9.17, 15) is 9.59 Å². The van der Waals surface area contributed by atoms with Crippen LogP contribution in [0.2, 0.25) is 0 Å². The number of amides is 2. The molecule has 0 aliphatic heterocycles. The molecule has 0 aliphatic carbocycles. The molecule has 0 radical (unpaired) electrons. The van der Waals surface area contributed by atoms with Crippen molar-refractivity contribution in [2.45, 2.75) is 130 Å². The van der Waals surface area contributed by atoms with Gasteiger partial charge in [0.05, 0.1) is 24.6 Å². The molecule has 2 N–H and O–H groups in total. The van der Waals surface area contributed by atoms with Crippen molar-refractivity contribution in [1.29, 1.82) is 0 Å². The molecule has 2 rings (SSSR count). The van der Waals surface area contributed by atoms with E-state index >= 15 is 0 Å². The van der Waals surface area contributed by atoms with Gasteiger partial charge in [0.2, 0.25) is 0 Å². The Morgan fingerprint density at radius 3 is 1.31 bits per heavy atom. The van der Waals surface area contributed by atoms with Crippen LogP contribution in [-0.4, -0.2) is 31.4 Å². The molecule has 0 aromatic heterocycles. The molecule has 248 valence electrons. The summed E-state index contributed by atoms with van der Waals surface area (Å²) in [6.45, 7) is 9.13. The fourth-order valence-electron chi connectivity index (χ4n) is 4.86. The number of aryl methyl sites for hydroxylation is 2. The van der Waals surface area contributed by atoms with Crippen molar-refractivity contribution < 1.29 is 19.1 Å². The van der Waals surface area contributed by atoms with Crippen LogP contribution in [0.4, 0.5) is 32.3 Å². The fourth-order valence-corrected chi connectivity index (χ4v) is 4.86. The molecule has 0 saturated heterocycles. The molecule has 8 nitrogen and oxygen atoms in total. The molecule has 2 aromatic rings. The molecule has 0 saturated carbocycles. The van der Waals surface area contributed by atoms with Gasteiger partial charge in [-0.05, 0) is 62.1 Å². The average Bonchev–Trinajstić information content (AvgIpc) is 3.02. The highest BCUT2D eigenvalue weighted by Gasteiger charge is 2.07. The van der Waals surface area contributed by atoms with Crippen molar-refractivity contribution in [1.82, 2.24) is 0 Å². The van der Waals surface area contributed by atoms with E-state index in [1.165, 1.54) is 77.0 Å². The van der Waals surface area contributed by atoms with Crippen molar-refractivity contribution in [3.05, 3.63) is 47.5 Å². The number of carbonyl (C=O) groups excluding carboxylic acids is 2. The van der Waals surface area contributed by atoms with Crippen molar-refractivity contribution >= 4 is 40.9 Å². The maximum atomic E-state index is 12.3. The first-order chi connectivity index (χ1) is 21.9. The van der Waals surface area contributed by atoms with Gasteiger partial charge >= 0.3 is 12.2 Å². The lowest BCUT2D eigenvalue weighted by atomic mass is 10.1. The number of unbranched alkanes of at least 4 members (excludes halogenated alkanes) is 14. The Hall–Kier alpha value is -3.64. The normalized spacial score (nSPS) is 10.6. The quantitative estimate of drug-likeness (QED) is 0.101. The highest BCUT2D eigenvalue weighted by molar-refractivity contribution is 5.86. The van der Waals surface area contributed by atoms with Crippen LogP contribution in [0.5, 0.6) is 0 Å². The number of rotatable bonds is 22. The largest absolute Gasteiger partial charge is 0.449 e. The zero-order valence-corrected chi connectivity index (χ0v) is 28.2. The predicted molar refractivity (Wildman–Crippen MR) is 187 cm³/mol. The second-order valence-electron chi connectivity index (χ2n) is 11.8. The van der Waals surface area contributed by atoms with Crippen LogP contribution >= 0.6 is 0 Å². The van der Waals surface area contributed by atoms with Crippen LogP contribution in [0.25, 0.3) is 0 Å². The molecule has 0 bridgehead atoms. The van der Waals surface area contributed by atoms with E-state index in [1.54, 1.807) is 12.1 Å². The number of nitrogens with zero attached hydrogens (tertiary/aromatic N) is 2. The van der Waals surface area contributed by atoms with Gasteiger partial charge in [-0.15, -0.1) is 0 Å². The summed E-state index contributed by atoms with van der Waals surface area (Å²) in [5.74, 6) is 0. The van der Waals surface area contributed by atoms with E-state index in [0.717, 1.165) is 36.8 Å². The third-order valence-corrected chi connectivity index (χ3v) is 7.71. The standard InChI is InChI=1S/C37H56N4O4/c1-5-7-9-11-13-15-17-19-25-44-36(42)40-32-23-21-30(3)34(27-32)38-29-39-35-28-33(24-22-31(35)4)41-37(43)45-26-20-18-16-14-12-10-8-6-2/h21-24,27-28H,5-20,25-26H2,1-4H3,(H,40,42)(H,41,43). The number of carbonyl (C=O) groups is 2. The Morgan fingerprint density at radius 2 is 0.933 bits per heavy atom. The summed E-state index contributed by atoms with van der Waals surface area (Å²) in [5, 5.41) is 5.56. The van der Waals surface area contributed by atoms with E-state index in [1.807, 2.05) is 38.1 Å². The smallest absolute Gasteiger partial charge is 0.411 e. The number of anilines is 2. The van der Waals surface area contributed by atoms with Gasteiger partial charge in [0, 0.05) is 11.4 Å². The van der Waals surface area contributed by atoms with Gasteiger partial charge < -0.3 is 9.47 Å². The maximum Gasteiger partial charge on any atom is 0.411 e. The van der Waals surface area contributed by atoms with Gasteiger partial charge in [-0.25, -0.2) is 9.59 Å². The number of benzene rings is 2. The summed E-state index contributed by atoms with van der Waals surface area (Å²) < 4.78 is 10.7. The molecule has 0 fully saturated rings. The van der Waals surface area contributed by atoms with Crippen molar-refractivity contribution in [3.63, 3.8) is 0 Å². The highest BCUT2D eigenvalue weighted by Crippen LogP contribution is 2.25. The van der Waals surface area contributed by atoms with Crippen molar-refractivity contribution in [2.24, 2.45) is 9.98 Å². The Bertz CT molecular complexity index is 1120. The second-order valence-corrected chi connectivity index (χ2v) is 11.8. The molecule has 2 amide bonds. The molecule has 8 heteroatoms. The monoisotopic (exact) mass is 620 g/mol. The van der Waals surface area contributed by atoms with Crippen LogP contribution in [0, 0.1) is 13.8 Å². The zero-order chi connectivity index (χ0) is 32.5. The second kappa shape index (κ2) is 23.7. The van der Waals surface area contributed by atoms with Crippen LogP contribution in [0.1, 0.15) is 128 Å². The Balaban J connectivity index is 1.79. The molecule has 0 heterocycles.